The van der Waals surface area contributed by atoms with Crippen LogP contribution in [0.4, 0.5) is 10.1 Å². The summed E-state index contributed by atoms with van der Waals surface area (Å²) in [7, 11) is -4.31. The fraction of sp³-hybridized carbons (Fsp3) is 0.286. The second-order valence-electron chi connectivity index (χ2n) is 12.0. The molecule has 0 bridgehead atoms. The number of anilines is 1. The summed E-state index contributed by atoms with van der Waals surface area (Å²) in [5.41, 5.74) is 2.41. The second kappa shape index (κ2) is 13.4. The molecule has 48 heavy (non-hydrogen) atoms. The number of aromatic hydroxyl groups is 1. The molecule has 11 nitrogen and oxygen atoms in total. The summed E-state index contributed by atoms with van der Waals surface area (Å²) in [4.78, 5) is 14.8. The Bertz CT molecular complexity index is 1870. The molecule has 1 amide bonds. The lowest BCUT2D eigenvalue weighted by Gasteiger charge is -2.47. The molecule has 0 radical (unpaired) electrons. The van der Waals surface area contributed by atoms with Crippen molar-refractivity contribution in [3.63, 3.8) is 0 Å². The number of aliphatic hydroxyl groups excluding tert-OH is 5. The Balaban J connectivity index is 1.28. The molecule has 8 unspecified atom stereocenters. The van der Waals surface area contributed by atoms with Crippen LogP contribution in [0.1, 0.15) is 34.9 Å². The number of hydrogen-bond acceptors (Lipinski definition) is 10. The number of ether oxygens (including phenoxy) is 1. The van der Waals surface area contributed by atoms with E-state index in [0.29, 0.717) is 22.4 Å². The monoisotopic (exact) mass is 679 g/mol. The summed E-state index contributed by atoms with van der Waals surface area (Å²) in [6, 6.07) is 23.3. The van der Waals surface area contributed by atoms with E-state index in [2.05, 4.69) is 0 Å². The number of aliphatic hydroxyl groups is 5. The van der Waals surface area contributed by atoms with Gasteiger partial charge in [-0.25, -0.2) is 12.8 Å². The topological polar surface area (TPSA) is 185 Å². The van der Waals surface area contributed by atoms with Gasteiger partial charge in [-0.15, -0.1) is 0 Å². The SMILES string of the molecule is O=C1C(S(=O)(=O)CC(O)c2ccc(F)cc2)C(c2ccc(-c3ccc(C4OC(CO)C(O)C(O)C4O)cc3)cc2O)N1c1ccccc1. The number of phenolic OH excluding ortho intramolecular Hbond substituents is 1. The predicted octanol–water partition coefficient (Wildman–Crippen LogP) is 2.32. The van der Waals surface area contributed by atoms with Crippen molar-refractivity contribution in [2.45, 2.75) is 47.9 Å². The van der Waals surface area contributed by atoms with Gasteiger partial charge in [-0.2, -0.15) is 0 Å². The first-order valence-electron chi connectivity index (χ1n) is 15.2. The number of rotatable bonds is 9. The molecule has 13 heteroatoms. The van der Waals surface area contributed by atoms with E-state index in [1.807, 2.05) is 0 Å². The van der Waals surface area contributed by atoms with Gasteiger partial charge in [-0.1, -0.05) is 66.7 Å². The molecule has 2 aliphatic heterocycles. The van der Waals surface area contributed by atoms with E-state index in [1.165, 1.54) is 29.2 Å². The van der Waals surface area contributed by atoms with Gasteiger partial charge < -0.3 is 40.3 Å². The van der Waals surface area contributed by atoms with Crippen molar-refractivity contribution in [1.82, 2.24) is 0 Å². The third kappa shape index (κ3) is 6.21. The van der Waals surface area contributed by atoms with Gasteiger partial charge in [0.15, 0.2) is 15.1 Å². The zero-order chi connectivity index (χ0) is 34.3. The Labute approximate surface area is 275 Å². The normalized spacial score (nSPS) is 26.6. The fourth-order valence-corrected chi connectivity index (χ4v) is 8.23. The van der Waals surface area contributed by atoms with E-state index < -0.39 is 81.8 Å². The number of carbonyl (C=O) groups excluding carboxylic acids is 1. The summed E-state index contributed by atoms with van der Waals surface area (Å²) in [5, 5.41) is 60.6. The first-order valence-corrected chi connectivity index (χ1v) is 16.9. The molecule has 252 valence electrons. The van der Waals surface area contributed by atoms with Crippen LogP contribution < -0.4 is 4.90 Å². The lowest BCUT2D eigenvalue weighted by atomic mass is 9.89. The highest BCUT2D eigenvalue weighted by atomic mass is 32.2. The molecule has 2 fully saturated rings. The van der Waals surface area contributed by atoms with E-state index >= 15 is 0 Å². The average Bonchev–Trinajstić information content (AvgIpc) is 3.07. The summed E-state index contributed by atoms with van der Waals surface area (Å²) in [6.07, 6.45) is -8.07. The Hall–Kier alpha value is -4.21. The van der Waals surface area contributed by atoms with Crippen LogP contribution in [0, 0.1) is 5.82 Å². The molecule has 0 aromatic heterocycles. The smallest absolute Gasteiger partial charge is 0.248 e. The van der Waals surface area contributed by atoms with Gasteiger partial charge in [0, 0.05) is 11.3 Å². The minimum absolute atomic E-state index is 0.171. The molecule has 0 saturated carbocycles. The molecule has 0 aliphatic carbocycles. The maximum absolute atomic E-state index is 13.7. The van der Waals surface area contributed by atoms with Crippen molar-refractivity contribution in [2.24, 2.45) is 0 Å². The molecule has 6 rings (SSSR count). The molecule has 8 atom stereocenters. The molecule has 4 aromatic carbocycles. The molecule has 0 spiro atoms. The second-order valence-corrected chi connectivity index (χ2v) is 14.1. The minimum Gasteiger partial charge on any atom is -0.508 e. The summed E-state index contributed by atoms with van der Waals surface area (Å²) in [6.45, 7) is -0.559. The molecule has 2 aliphatic rings. The predicted molar refractivity (Wildman–Crippen MR) is 172 cm³/mol. The van der Waals surface area contributed by atoms with Crippen LogP contribution >= 0.6 is 0 Å². The molecule has 2 saturated heterocycles. The van der Waals surface area contributed by atoms with Gasteiger partial charge in [0.05, 0.1) is 24.5 Å². The molecule has 2 heterocycles. The number of carbonyl (C=O) groups is 1. The van der Waals surface area contributed by atoms with Gasteiger partial charge in [0.2, 0.25) is 5.91 Å². The number of para-hydroxylation sites is 1. The van der Waals surface area contributed by atoms with Crippen molar-refractivity contribution in [2.75, 3.05) is 17.3 Å². The quantitative estimate of drug-likeness (QED) is 0.144. The standard InChI is InChI=1S/C35H34FNO10S/c36-23-13-10-20(11-14-23)27(40)18-48(45,46)34-29(37(35(34)44)24-4-2-1-3-5-24)25-15-12-22(16-26(25)39)19-6-8-21(9-7-19)33-32(43)31(42)30(41)28(17-38)47-33/h1-16,27-34,38-43H,17-18H2. The van der Waals surface area contributed by atoms with Crippen molar-refractivity contribution in [3.05, 3.63) is 120 Å². The van der Waals surface area contributed by atoms with Crippen molar-refractivity contribution < 1.29 is 53.0 Å². The van der Waals surface area contributed by atoms with Crippen LogP contribution in [-0.4, -0.2) is 87.0 Å². The number of phenols is 1. The highest BCUT2D eigenvalue weighted by molar-refractivity contribution is 7.93. The molecular formula is C35H34FNO10S. The van der Waals surface area contributed by atoms with Crippen LogP contribution in [0.25, 0.3) is 11.1 Å². The largest absolute Gasteiger partial charge is 0.508 e. The van der Waals surface area contributed by atoms with E-state index in [0.717, 1.165) is 12.1 Å². The van der Waals surface area contributed by atoms with E-state index in [1.54, 1.807) is 60.7 Å². The minimum atomic E-state index is -4.31. The maximum Gasteiger partial charge on any atom is 0.248 e. The van der Waals surface area contributed by atoms with Gasteiger partial charge in [0.25, 0.3) is 0 Å². The number of benzene rings is 4. The maximum atomic E-state index is 13.7. The van der Waals surface area contributed by atoms with Crippen LogP contribution in [0.5, 0.6) is 5.75 Å². The van der Waals surface area contributed by atoms with Crippen LogP contribution in [-0.2, 0) is 19.4 Å². The zero-order valence-corrected chi connectivity index (χ0v) is 26.1. The number of sulfone groups is 1. The van der Waals surface area contributed by atoms with Gasteiger partial charge in [-0.05, 0) is 52.6 Å². The van der Waals surface area contributed by atoms with Crippen molar-refractivity contribution in [1.29, 1.82) is 0 Å². The van der Waals surface area contributed by atoms with Crippen molar-refractivity contribution >= 4 is 21.4 Å². The van der Waals surface area contributed by atoms with Gasteiger partial charge >= 0.3 is 0 Å². The van der Waals surface area contributed by atoms with Crippen LogP contribution in [0.15, 0.2) is 97.1 Å². The fourth-order valence-electron chi connectivity index (χ4n) is 6.31. The van der Waals surface area contributed by atoms with Gasteiger partial charge in [0.1, 0.15) is 42.1 Å². The van der Waals surface area contributed by atoms with Crippen molar-refractivity contribution in [3.8, 4) is 16.9 Å². The van der Waals surface area contributed by atoms with E-state index in [9.17, 15) is 48.2 Å². The van der Waals surface area contributed by atoms with Gasteiger partial charge in [-0.3, -0.25) is 4.79 Å². The summed E-state index contributed by atoms with van der Waals surface area (Å²) in [5.74, 6) is -2.34. The lowest BCUT2D eigenvalue weighted by Crippen LogP contribution is -2.62. The van der Waals surface area contributed by atoms with E-state index in [-0.39, 0.29) is 16.9 Å². The average molecular weight is 680 g/mol. The lowest BCUT2D eigenvalue weighted by molar-refractivity contribution is -0.231. The first-order chi connectivity index (χ1) is 22.9. The number of halogens is 1. The Morgan fingerprint density at radius 3 is 2.10 bits per heavy atom. The summed E-state index contributed by atoms with van der Waals surface area (Å²) < 4.78 is 46.3. The molecule has 4 aromatic rings. The van der Waals surface area contributed by atoms with Crippen LogP contribution in [0.3, 0.4) is 0 Å². The Kier molecular flexibility index (Phi) is 9.37. The third-order valence-electron chi connectivity index (χ3n) is 8.93. The molecule has 6 N–H and O–H groups in total. The number of β-lactam (4-membered cyclic amide) rings is 1. The van der Waals surface area contributed by atoms with Crippen LogP contribution in [0.2, 0.25) is 0 Å². The first kappa shape index (κ1) is 33.7. The Morgan fingerprint density at radius 2 is 1.48 bits per heavy atom. The Morgan fingerprint density at radius 1 is 0.833 bits per heavy atom. The highest BCUT2D eigenvalue weighted by Gasteiger charge is 2.57. The number of amides is 1. The molecular weight excluding hydrogens is 645 g/mol. The third-order valence-corrected chi connectivity index (χ3v) is 10.9. The van der Waals surface area contributed by atoms with E-state index in [4.69, 9.17) is 4.74 Å². The summed E-state index contributed by atoms with van der Waals surface area (Å²) >= 11 is 0. The number of hydrogen-bond donors (Lipinski definition) is 6. The number of nitrogens with zero attached hydrogens (tertiary/aromatic N) is 1. The zero-order valence-electron chi connectivity index (χ0n) is 25.3. The highest BCUT2D eigenvalue weighted by Crippen LogP contribution is 2.47.